The molecule has 3 aliphatic heterocycles. The zero-order valence-electron chi connectivity index (χ0n) is 15.9. The number of halogens is 1. The number of aliphatic imine (C=N–C) groups is 1. The fourth-order valence-corrected chi connectivity index (χ4v) is 3.69. The van der Waals surface area contributed by atoms with Crippen LogP contribution in [0.5, 0.6) is 0 Å². The van der Waals surface area contributed by atoms with Crippen molar-refractivity contribution in [2.75, 3.05) is 59.7 Å². The van der Waals surface area contributed by atoms with Crippen LogP contribution in [0.1, 0.15) is 32.1 Å². The fourth-order valence-electron chi connectivity index (χ4n) is 3.69. The van der Waals surface area contributed by atoms with Gasteiger partial charge in [-0.25, -0.2) is 0 Å². The van der Waals surface area contributed by atoms with Crippen molar-refractivity contribution in [2.45, 2.75) is 50.4 Å². The predicted molar refractivity (Wildman–Crippen MR) is 111 cm³/mol. The Kier molecular flexibility index (Phi) is 10.5. The normalized spacial score (nSPS) is 29.7. The van der Waals surface area contributed by atoms with Gasteiger partial charge in [-0.3, -0.25) is 4.99 Å². The van der Waals surface area contributed by atoms with Crippen LogP contribution in [0.4, 0.5) is 0 Å². The molecule has 3 aliphatic rings. The molecule has 3 unspecified atom stereocenters. The Morgan fingerprint density at radius 2 is 1.92 bits per heavy atom. The number of nitrogens with one attached hydrogen (secondary N) is 1. The first kappa shape index (κ1) is 22.1. The first-order valence-electron chi connectivity index (χ1n) is 9.75. The van der Waals surface area contributed by atoms with E-state index in [1.165, 1.54) is 6.42 Å². The first-order chi connectivity index (χ1) is 12.4. The summed E-state index contributed by atoms with van der Waals surface area (Å²) in [6.45, 7) is 6.54. The number of morpholine rings is 1. The molecular formula is C18H34IN3O4. The van der Waals surface area contributed by atoms with Gasteiger partial charge in [0.15, 0.2) is 5.96 Å². The minimum Gasteiger partial charge on any atom is -0.379 e. The standard InChI is InChI=1S/C18H33N3O4.HI/c1-19-18(20-7-4-9-22-14-15-5-2-10-23-15)21-8-12-25-17(13-21)16-6-3-11-24-16;/h15-17H,2-14H2,1H3,(H,19,20);1H. The van der Waals surface area contributed by atoms with Crippen LogP contribution >= 0.6 is 24.0 Å². The molecule has 7 nitrogen and oxygen atoms in total. The molecule has 0 aliphatic carbocycles. The number of rotatable bonds is 7. The molecule has 0 aromatic heterocycles. The van der Waals surface area contributed by atoms with Crippen molar-refractivity contribution >= 4 is 29.9 Å². The molecule has 0 bridgehead atoms. The SMILES string of the molecule is CN=C(NCCCOCC1CCCO1)N1CCOC(C2CCCO2)C1.I. The number of guanidine groups is 1. The van der Waals surface area contributed by atoms with Gasteiger partial charge in [-0.15, -0.1) is 24.0 Å². The maximum atomic E-state index is 5.91. The lowest BCUT2D eigenvalue weighted by Crippen LogP contribution is -2.53. The Bertz CT molecular complexity index is 415. The van der Waals surface area contributed by atoms with Crippen molar-refractivity contribution in [2.24, 2.45) is 4.99 Å². The summed E-state index contributed by atoms with van der Waals surface area (Å²) in [5, 5.41) is 3.45. The Hall–Kier alpha value is -0.160. The molecule has 0 amide bonds. The van der Waals surface area contributed by atoms with E-state index in [9.17, 15) is 0 Å². The van der Waals surface area contributed by atoms with E-state index in [2.05, 4.69) is 15.2 Å². The molecule has 152 valence electrons. The fraction of sp³-hybridized carbons (Fsp3) is 0.944. The van der Waals surface area contributed by atoms with Crippen LogP contribution in [0.25, 0.3) is 0 Å². The lowest BCUT2D eigenvalue weighted by atomic mass is 10.1. The summed E-state index contributed by atoms with van der Waals surface area (Å²) in [5.41, 5.74) is 0. The molecule has 1 N–H and O–H groups in total. The molecule has 0 saturated carbocycles. The van der Waals surface area contributed by atoms with Gasteiger partial charge in [0.1, 0.15) is 6.10 Å². The van der Waals surface area contributed by atoms with Crippen LogP contribution < -0.4 is 5.32 Å². The minimum absolute atomic E-state index is 0. The highest BCUT2D eigenvalue weighted by Crippen LogP contribution is 2.21. The van der Waals surface area contributed by atoms with E-state index >= 15 is 0 Å². The molecule has 0 aromatic rings. The third-order valence-electron chi connectivity index (χ3n) is 5.06. The molecule has 0 spiro atoms. The maximum Gasteiger partial charge on any atom is 0.193 e. The Morgan fingerprint density at radius 3 is 2.65 bits per heavy atom. The number of ether oxygens (including phenoxy) is 4. The number of nitrogens with zero attached hydrogens (tertiary/aromatic N) is 2. The second-order valence-electron chi connectivity index (χ2n) is 6.94. The third-order valence-corrected chi connectivity index (χ3v) is 5.06. The van der Waals surface area contributed by atoms with Gasteiger partial charge in [0.05, 0.1) is 25.4 Å². The van der Waals surface area contributed by atoms with Crippen molar-refractivity contribution in [3.63, 3.8) is 0 Å². The van der Waals surface area contributed by atoms with E-state index in [0.717, 1.165) is 84.3 Å². The molecule has 0 aromatic carbocycles. The van der Waals surface area contributed by atoms with Crippen LogP contribution in [-0.2, 0) is 18.9 Å². The monoisotopic (exact) mass is 483 g/mol. The lowest BCUT2D eigenvalue weighted by Gasteiger charge is -2.37. The molecule has 8 heteroatoms. The van der Waals surface area contributed by atoms with Gasteiger partial charge in [-0.1, -0.05) is 0 Å². The Balaban J connectivity index is 0.00000243. The van der Waals surface area contributed by atoms with Crippen molar-refractivity contribution in [3.8, 4) is 0 Å². The minimum atomic E-state index is 0. The summed E-state index contributed by atoms with van der Waals surface area (Å²) in [7, 11) is 1.84. The molecule has 0 radical (unpaired) electrons. The van der Waals surface area contributed by atoms with Crippen LogP contribution in [0, 0.1) is 0 Å². The van der Waals surface area contributed by atoms with Gasteiger partial charge in [0.2, 0.25) is 0 Å². The topological polar surface area (TPSA) is 64.6 Å². The zero-order chi connectivity index (χ0) is 17.3. The summed E-state index contributed by atoms with van der Waals surface area (Å²) in [4.78, 5) is 6.71. The maximum absolute atomic E-state index is 5.91. The second kappa shape index (κ2) is 12.3. The molecular weight excluding hydrogens is 449 g/mol. The van der Waals surface area contributed by atoms with Gasteiger partial charge >= 0.3 is 0 Å². The molecule has 3 rings (SSSR count). The highest BCUT2D eigenvalue weighted by atomic mass is 127. The molecule has 26 heavy (non-hydrogen) atoms. The van der Waals surface area contributed by atoms with E-state index in [0.29, 0.717) is 6.10 Å². The van der Waals surface area contributed by atoms with Gasteiger partial charge < -0.3 is 29.2 Å². The van der Waals surface area contributed by atoms with Gasteiger partial charge in [0.25, 0.3) is 0 Å². The zero-order valence-corrected chi connectivity index (χ0v) is 18.2. The first-order valence-corrected chi connectivity index (χ1v) is 9.75. The Morgan fingerprint density at radius 1 is 1.12 bits per heavy atom. The summed E-state index contributed by atoms with van der Waals surface area (Å²) in [6, 6.07) is 0. The average Bonchev–Trinajstić information content (AvgIpc) is 3.35. The quantitative estimate of drug-likeness (QED) is 0.257. The predicted octanol–water partition coefficient (Wildman–Crippen LogP) is 1.65. The van der Waals surface area contributed by atoms with Crippen LogP contribution in [0.3, 0.4) is 0 Å². The summed E-state index contributed by atoms with van der Waals surface area (Å²) in [5.74, 6) is 0.949. The lowest BCUT2D eigenvalue weighted by molar-refractivity contribution is -0.0817. The van der Waals surface area contributed by atoms with E-state index in [-0.39, 0.29) is 36.2 Å². The van der Waals surface area contributed by atoms with Crippen LogP contribution in [-0.4, -0.2) is 88.9 Å². The van der Waals surface area contributed by atoms with Crippen molar-refractivity contribution in [1.29, 1.82) is 0 Å². The summed E-state index contributed by atoms with van der Waals surface area (Å²) >= 11 is 0. The van der Waals surface area contributed by atoms with E-state index < -0.39 is 0 Å². The van der Waals surface area contributed by atoms with E-state index in [4.69, 9.17) is 18.9 Å². The van der Waals surface area contributed by atoms with Crippen molar-refractivity contribution in [1.82, 2.24) is 10.2 Å². The molecule has 3 atom stereocenters. The highest BCUT2D eigenvalue weighted by Gasteiger charge is 2.32. The molecule has 3 heterocycles. The number of hydrogen-bond donors (Lipinski definition) is 1. The smallest absolute Gasteiger partial charge is 0.193 e. The summed E-state index contributed by atoms with van der Waals surface area (Å²) in [6.07, 6.45) is 6.22. The summed E-state index contributed by atoms with van der Waals surface area (Å²) < 4.78 is 23.0. The van der Waals surface area contributed by atoms with Crippen LogP contribution in [0.15, 0.2) is 4.99 Å². The van der Waals surface area contributed by atoms with Gasteiger partial charge in [-0.2, -0.15) is 0 Å². The Labute approximate surface area is 174 Å². The highest BCUT2D eigenvalue weighted by molar-refractivity contribution is 14.0. The van der Waals surface area contributed by atoms with Crippen molar-refractivity contribution < 1.29 is 18.9 Å². The van der Waals surface area contributed by atoms with Crippen LogP contribution in [0.2, 0.25) is 0 Å². The van der Waals surface area contributed by atoms with E-state index in [1.807, 2.05) is 7.05 Å². The second-order valence-corrected chi connectivity index (χ2v) is 6.94. The largest absolute Gasteiger partial charge is 0.379 e. The average molecular weight is 483 g/mol. The molecule has 3 saturated heterocycles. The van der Waals surface area contributed by atoms with E-state index in [1.54, 1.807) is 0 Å². The van der Waals surface area contributed by atoms with Gasteiger partial charge in [-0.05, 0) is 32.1 Å². The third kappa shape index (κ3) is 6.78. The van der Waals surface area contributed by atoms with Crippen molar-refractivity contribution in [3.05, 3.63) is 0 Å². The van der Waals surface area contributed by atoms with Gasteiger partial charge in [0, 0.05) is 46.5 Å². The number of hydrogen-bond acceptors (Lipinski definition) is 5. The molecule has 3 fully saturated rings.